The highest BCUT2D eigenvalue weighted by molar-refractivity contribution is 5.67. The molecule has 2 fully saturated rings. The van der Waals surface area contributed by atoms with E-state index in [1.54, 1.807) is 0 Å². The van der Waals surface area contributed by atoms with Gasteiger partial charge in [-0.3, -0.25) is 4.90 Å². The van der Waals surface area contributed by atoms with Gasteiger partial charge >= 0.3 is 6.09 Å². The third-order valence-corrected chi connectivity index (χ3v) is 5.44. The van der Waals surface area contributed by atoms with E-state index in [4.69, 9.17) is 4.74 Å². The summed E-state index contributed by atoms with van der Waals surface area (Å²) in [5, 5.41) is 3.00. The van der Waals surface area contributed by atoms with Crippen LogP contribution in [0.15, 0.2) is 0 Å². The molecule has 0 unspecified atom stereocenters. The van der Waals surface area contributed by atoms with E-state index in [2.05, 4.69) is 44.8 Å². The number of nitrogens with zero attached hydrogens (tertiary/aromatic N) is 1. The Hall–Kier alpha value is -0.770. The van der Waals surface area contributed by atoms with Crippen molar-refractivity contribution in [1.29, 1.82) is 0 Å². The number of hydrogen-bond donors (Lipinski definition) is 1. The van der Waals surface area contributed by atoms with Crippen LogP contribution in [0, 0.1) is 0 Å². The Kier molecular flexibility index (Phi) is 11.2. The van der Waals surface area contributed by atoms with Gasteiger partial charge in [0.2, 0.25) is 0 Å². The molecule has 0 aliphatic heterocycles. The van der Waals surface area contributed by atoms with Crippen LogP contribution in [-0.4, -0.2) is 41.8 Å². The fourth-order valence-corrected chi connectivity index (χ4v) is 4.11. The molecular weight excluding hydrogens is 312 g/mol. The molecule has 1 amide bonds. The van der Waals surface area contributed by atoms with Crippen LogP contribution in [0.4, 0.5) is 4.79 Å². The summed E-state index contributed by atoms with van der Waals surface area (Å²) in [6, 6.07) is 1.75. The Balaban J connectivity index is 0.000000299. The molecule has 4 nitrogen and oxygen atoms in total. The highest BCUT2D eigenvalue weighted by Gasteiger charge is 2.20. The molecule has 0 spiro atoms. The lowest BCUT2D eigenvalue weighted by Gasteiger charge is -2.28. The summed E-state index contributed by atoms with van der Waals surface area (Å²) in [6.07, 6.45) is 11.9. The van der Waals surface area contributed by atoms with Crippen LogP contribution in [0.3, 0.4) is 0 Å². The number of carbonyl (C=O) groups excluding carboxylic acids is 1. The third-order valence-electron chi connectivity index (χ3n) is 5.44. The van der Waals surface area contributed by atoms with Gasteiger partial charge in [0, 0.05) is 18.1 Å². The smallest absolute Gasteiger partial charge is 0.407 e. The van der Waals surface area contributed by atoms with Gasteiger partial charge in [0.25, 0.3) is 0 Å². The van der Waals surface area contributed by atoms with Gasteiger partial charge in [-0.2, -0.15) is 0 Å². The van der Waals surface area contributed by atoms with Crippen LogP contribution < -0.4 is 5.32 Å². The molecule has 4 heteroatoms. The minimum atomic E-state index is -0.182. The van der Waals surface area contributed by atoms with Crippen molar-refractivity contribution in [2.75, 3.05) is 6.54 Å². The van der Waals surface area contributed by atoms with E-state index >= 15 is 0 Å². The molecule has 2 saturated carbocycles. The molecule has 0 aromatic rings. The predicted molar refractivity (Wildman–Crippen MR) is 106 cm³/mol. The molecule has 0 atom stereocenters. The molecule has 1 N–H and O–H groups in total. The Labute approximate surface area is 156 Å². The number of ether oxygens (including phenoxy) is 1. The number of rotatable bonds is 5. The summed E-state index contributed by atoms with van der Waals surface area (Å²) in [6.45, 7) is 12.3. The zero-order valence-electron chi connectivity index (χ0n) is 17.4. The highest BCUT2D eigenvalue weighted by atomic mass is 16.6. The first kappa shape index (κ1) is 22.3. The second-order valence-corrected chi connectivity index (χ2v) is 8.16. The van der Waals surface area contributed by atoms with Gasteiger partial charge in [0.15, 0.2) is 0 Å². The normalized spacial score (nSPS) is 19.7. The van der Waals surface area contributed by atoms with E-state index < -0.39 is 0 Å². The molecule has 2 aliphatic rings. The monoisotopic (exact) mass is 354 g/mol. The van der Waals surface area contributed by atoms with Crippen molar-refractivity contribution in [3.05, 3.63) is 0 Å². The Bertz CT molecular complexity index is 316. The molecule has 25 heavy (non-hydrogen) atoms. The summed E-state index contributed by atoms with van der Waals surface area (Å²) in [4.78, 5) is 14.1. The molecule has 0 bridgehead atoms. The van der Waals surface area contributed by atoms with Crippen molar-refractivity contribution in [2.24, 2.45) is 0 Å². The zero-order valence-corrected chi connectivity index (χ0v) is 17.4. The topological polar surface area (TPSA) is 41.6 Å². The Morgan fingerprint density at radius 2 is 1.40 bits per heavy atom. The average Bonchev–Trinajstić information content (AvgIpc) is 2.57. The maximum Gasteiger partial charge on any atom is 0.407 e. The molecule has 148 valence electrons. The van der Waals surface area contributed by atoms with Crippen LogP contribution in [0.2, 0.25) is 0 Å². The SMILES string of the molecule is CCN(C(C)C)C(C)C.O=C(NC1CCCCC1)OC1CCCCC1. The van der Waals surface area contributed by atoms with E-state index in [-0.39, 0.29) is 12.2 Å². The van der Waals surface area contributed by atoms with Crippen molar-refractivity contribution in [1.82, 2.24) is 10.2 Å². The standard InChI is InChI=1S/C13H23NO2.C8H19N/c15-13(14-11-7-3-1-4-8-11)16-12-9-5-2-6-10-12;1-6-9(7(2)3)8(4)5/h11-12H,1-10H2,(H,14,15);7-8H,6H2,1-5H3. The van der Waals surface area contributed by atoms with Crippen LogP contribution in [0.1, 0.15) is 98.8 Å². The van der Waals surface area contributed by atoms with Gasteiger partial charge in [0.05, 0.1) is 0 Å². The number of amides is 1. The fraction of sp³-hybridized carbons (Fsp3) is 0.952. The molecule has 0 radical (unpaired) electrons. The summed E-state index contributed by atoms with van der Waals surface area (Å²) < 4.78 is 5.44. The highest BCUT2D eigenvalue weighted by Crippen LogP contribution is 2.21. The van der Waals surface area contributed by atoms with Crippen LogP contribution in [0.25, 0.3) is 0 Å². The van der Waals surface area contributed by atoms with Gasteiger partial charge in [-0.15, -0.1) is 0 Å². The average molecular weight is 355 g/mol. The van der Waals surface area contributed by atoms with Crippen molar-refractivity contribution >= 4 is 6.09 Å². The lowest BCUT2D eigenvalue weighted by Crippen LogP contribution is -2.38. The van der Waals surface area contributed by atoms with Crippen molar-refractivity contribution in [3.8, 4) is 0 Å². The first-order valence-corrected chi connectivity index (χ1v) is 10.7. The third kappa shape index (κ3) is 9.48. The van der Waals surface area contributed by atoms with Gasteiger partial charge in [-0.25, -0.2) is 4.79 Å². The maximum atomic E-state index is 11.6. The van der Waals surface area contributed by atoms with E-state index in [9.17, 15) is 4.79 Å². The van der Waals surface area contributed by atoms with E-state index in [1.807, 2.05) is 0 Å². The lowest BCUT2D eigenvalue weighted by molar-refractivity contribution is 0.0716. The molecule has 0 aromatic heterocycles. The largest absolute Gasteiger partial charge is 0.446 e. The van der Waals surface area contributed by atoms with Crippen LogP contribution in [-0.2, 0) is 4.74 Å². The second-order valence-electron chi connectivity index (χ2n) is 8.16. The number of carbonyl (C=O) groups is 1. The lowest BCUT2D eigenvalue weighted by atomic mass is 9.96. The van der Waals surface area contributed by atoms with E-state index in [0.29, 0.717) is 18.1 Å². The van der Waals surface area contributed by atoms with Crippen molar-refractivity contribution < 1.29 is 9.53 Å². The first-order chi connectivity index (χ1) is 11.9. The van der Waals surface area contributed by atoms with Crippen molar-refractivity contribution in [2.45, 2.75) is 123 Å². The summed E-state index contributed by atoms with van der Waals surface area (Å²) in [5.41, 5.74) is 0. The zero-order chi connectivity index (χ0) is 18.7. The van der Waals surface area contributed by atoms with E-state index in [0.717, 1.165) is 32.2 Å². The molecule has 0 saturated heterocycles. The van der Waals surface area contributed by atoms with Gasteiger partial charge in [-0.05, 0) is 72.8 Å². The summed E-state index contributed by atoms with van der Waals surface area (Å²) >= 11 is 0. The maximum absolute atomic E-state index is 11.6. The van der Waals surface area contributed by atoms with Crippen LogP contribution in [0.5, 0.6) is 0 Å². The minimum Gasteiger partial charge on any atom is -0.446 e. The van der Waals surface area contributed by atoms with E-state index in [1.165, 1.54) is 38.5 Å². The number of alkyl carbamates (subject to hydrolysis) is 1. The Morgan fingerprint density at radius 3 is 1.80 bits per heavy atom. The molecule has 2 rings (SSSR count). The Morgan fingerprint density at radius 1 is 0.920 bits per heavy atom. The summed E-state index contributed by atoms with van der Waals surface area (Å²) in [7, 11) is 0. The van der Waals surface area contributed by atoms with Crippen molar-refractivity contribution in [3.63, 3.8) is 0 Å². The molecule has 0 aromatic carbocycles. The molecule has 2 aliphatic carbocycles. The number of hydrogen-bond acceptors (Lipinski definition) is 3. The predicted octanol–water partition coefficient (Wildman–Crippen LogP) is 5.50. The minimum absolute atomic E-state index is 0.178. The molecule has 0 heterocycles. The number of nitrogens with one attached hydrogen (secondary N) is 1. The van der Waals surface area contributed by atoms with Crippen LogP contribution >= 0.6 is 0 Å². The summed E-state index contributed by atoms with van der Waals surface area (Å²) in [5.74, 6) is 0. The second kappa shape index (κ2) is 12.6. The fourth-order valence-electron chi connectivity index (χ4n) is 4.11. The van der Waals surface area contributed by atoms with Gasteiger partial charge in [0.1, 0.15) is 6.10 Å². The van der Waals surface area contributed by atoms with Gasteiger partial charge < -0.3 is 10.1 Å². The molecular formula is C21H42N2O2. The van der Waals surface area contributed by atoms with Gasteiger partial charge in [-0.1, -0.05) is 32.6 Å². The first-order valence-electron chi connectivity index (χ1n) is 10.7. The quantitative estimate of drug-likeness (QED) is 0.708.